The lowest BCUT2D eigenvalue weighted by Gasteiger charge is -2.14. The molecule has 0 aliphatic carbocycles. The molecule has 3 aromatic rings. The Morgan fingerprint density at radius 1 is 1.31 bits per heavy atom. The van der Waals surface area contributed by atoms with Gasteiger partial charge in [0.2, 0.25) is 0 Å². The molecular formula is C21H18Cl2N6O3. The third kappa shape index (κ3) is 4.73. The van der Waals surface area contributed by atoms with E-state index in [1.807, 2.05) is 13.0 Å². The zero-order valence-electron chi connectivity index (χ0n) is 17.1. The maximum Gasteiger partial charge on any atom is 0.273 e. The predicted octanol–water partition coefficient (Wildman–Crippen LogP) is 3.39. The van der Waals surface area contributed by atoms with Crippen LogP contribution in [-0.2, 0) is 4.74 Å². The molecule has 9 nitrogen and oxygen atoms in total. The van der Waals surface area contributed by atoms with E-state index in [1.165, 1.54) is 18.3 Å². The zero-order valence-corrected chi connectivity index (χ0v) is 18.6. The van der Waals surface area contributed by atoms with Crippen molar-refractivity contribution in [1.29, 1.82) is 5.26 Å². The third-order valence-corrected chi connectivity index (χ3v) is 5.19. The van der Waals surface area contributed by atoms with E-state index in [0.29, 0.717) is 12.3 Å². The van der Waals surface area contributed by atoms with Gasteiger partial charge >= 0.3 is 0 Å². The maximum atomic E-state index is 13.1. The lowest BCUT2D eigenvalue weighted by molar-refractivity contribution is 0.102. The minimum Gasteiger partial charge on any atom is -0.384 e. The second-order valence-corrected chi connectivity index (χ2v) is 7.71. The lowest BCUT2D eigenvalue weighted by atomic mass is 10.0. The number of hydrogen-bond donors (Lipinski definition) is 2. The standard InChI is InChI=1S/C21H18Cl2N6O3/c1-11(9-32-2)13-5-14(8-26-7-13)28-20(30)17-19(25)27-10-29(21(17)31)18-15(22)3-12(6-24)4-16(18)23/h3-5,7-8,10-11H,9,25H2,1-2H3,(H,28,30)/t11-/m0/s1. The van der Waals surface area contributed by atoms with Crippen molar-refractivity contribution >= 4 is 40.6 Å². The average molecular weight is 473 g/mol. The van der Waals surface area contributed by atoms with Gasteiger partial charge in [-0.2, -0.15) is 5.26 Å². The number of benzene rings is 1. The number of hydrogen-bond acceptors (Lipinski definition) is 7. The number of nitrogens with zero attached hydrogens (tertiary/aromatic N) is 4. The Morgan fingerprint density at radius 2 is 2.00 bits per heavy atom. The Labute approximate surface area is 193 Å². The van der Waals surface area contributed by atoms with Crippen LogP contribution in [0.1, 0.15) is 34.3 Å². The fraction of sp³-hybridized carbons (Fsp3) is 0.190. The Hall–Kier alpha value is -3.45. The van der Waals surface area contributed by atoms with Crippen LogP contribution in [0.5, 0.6) is 0 Å². The van der Waals surface area contributed by atoms with E-state index in [1.54, 1.807) is 19.4 Å². The first kappa shape index (κ1) is 23.2. The van der Waals surface area contributed by atoms with Gasteiger partial charge in [-0.05, 0) is 23.8 Å². The number of nitriles is 1. The van der Waals surface area contributed by atoms with Crippen LogP contribution in [0.3, 0.4) is 0 Å². The van der Waals surface area contributed by atoms with Crippen LogP contribution >= 0.6 is 23.2 Å². The number of rotatable bonds is 6. The quantitative estimate of drug-likeness (QED) is 0.560. The minimum atomic E-state index is -0.777. The number of carbonyl (C=O) groups is 1. The molecule has 11 heteroatoms. The van der Waals surface area contributed by atoms with Gasteiger partial charge in [-0.15, -0.1) is 0 Å². The van der Waals surface area contributed by atoms with Gasteiger partial charge in [0, 0.05) is 19.2 Å². The Bertz CT molecular complexity index is 1260. The van der Waals surface area contributed by atoms with Gasteiger partial charge in [0.1, 0.15) is 17.7 Å². The number of nitrogen functional groups attached to an aromatic ring is 1. The lowest BCUT2D eigenvalue weighted by Crippen LogP contribution is -2.31. The number of nitrogens with two attached hydrogens (primary N) is 1. The van der Waals surface area contributed by atoms with Crippen LogP contribution in [0, 0.1) is 11.3 Å². The molecule has 1 amide bonds. The van der Waals surface area contributed by atoms with Crippen LogP contribution in [0.2, 0.25) is 10.0 Å². The summed E-state index contributed by atoms with van der Waals surface area (Å²) in [7, 11) is 1.60. The van der Waals surface area contributed by atoms with Gasteiger partial charge in [-0.3, -0.25) is 19.1 Å². The molecule has 2 aromatic heterocycles. The van der Waals surface area contributed by atoms with Gasteiger partial charge in [0.15, 0.2) is 0 Å². The molecule has 2 heterocycles. The van der Waals surface area contributed by atoms with Gasteiger partial charge < -0.3 is 15.8 Å². The highest BCUT2D eigenvalue weighted by molar-refractivity contribution is 6.38. The molecule has 0 bridgehead atoms. The minimum absolute atomic E-state index is 0.0399. The maximum absolute atomic E-state index is 13.1. The zero-order chi connectivity index (χ0) is 23.4. The van der Waals surface area contributed by atoms with Crippen molar-refractivity contribution in [3.8, 4) is 11.8 Å². The van der Waals surface area contributed by atoms with E-state index in [4.69, 9.17) is 38.9 Å². The number of aromatic nitrogens is 3. The Morgan fingerprint density at radius 3 is 2.62 bits per heavy atom. The molecule has 1 atom stereocenters. The SMILES string of the molecule is COC[C@H](C)c1cncc(NC(=O)c2c(N)ncn(-c3c(Cl)cc(C#N)cc3Cl)c2=O)c1. The number of halogens is 2. The summed E-state index contributed by atoms with van der Waals surface area (Å²) in [6, 6.07) is 6.35. The molecule has 1 aromatic carbocycles. The smallest absolute Gasteiger partial charge is 0.273 e. The highest BCUT2D eigenvalue weighted by Gasteiger charge is 2.21. The molecule has 0 saturated heterocycles. The molecule has 0 fully saturated rings. The number of carbonyl (C=O) groups excluding carboxylic acids is 1. The summed E-state index contributed by atoms with van der Waals surface area (Å²) in [6.07, 6.45) is 4.22. The van der Waals surface area contributed by atoms with E-state index in [2.05, 4.69) is 15.3 Å². The van der Waals surface area contributed by atoms with Crippen LogP contribution in [0.15, 0.2) is 41.7 Å². The van der Waals surface area contributed by atoms with Crippen LogP contribution in [0.4, 0.5) is 11.5 Å². The summed E-state index contributed by atoms with van der Waals surface area (Å²) < 4.78 is 6.15. The fourth-order valence-electron chi connectivity index (χ4n) is 3.04. The van der Waals surface area contributed by atoms with Crippen molar-refractivity contribution in [2.24, 2.45) is 0 Å². The molecule has 3 rings (SSSR count). The number of nitrogens with one attached hydrogen (secondary N) is 1. The largest absolute Gasteiger partial charge is 0.384 e. The number of methoxy groups -OCH3 is 1. The van der Waals surface area contributed by atoms with Crippen molar-refractivity contribution in [1.82, 2.24) is 14.5 Å². The second kappa shape index (κ2) is 9.78. The summed E-state index contributed by atoms with van der Waals surface area (Å²) >= 11 is 12.4. The summed E-state index contributed by atoms with van der Waals surface area (Å²) in [5.41, 5.74) is 6.18. The van der Waals surface area contributed by atoms with Crippen LogP contribution in [0.25, 0.3) is 5.69 Å². The third-order valence-electron chi connectivity index (χ3n) is 4.62. The number of ether oxygens (including phenoxy) is 1. The fourth-order valence-corrected chi connectivity index (χ4v) is 3.70. The molecule has 3 N–H and O–H groups in total. The van der Waals surface area contributed by atoms with Gasteiger partial charge in [0.05, 0.1) is 45.9 Å². The molecule has 0 aliphatic heterocycles. The van der Waals surface area contributed by atoms with Crippen molar-refractivity contribution < 1.29 is 9.53 Å². The van der Waals surface area contributed by atoms with Crippen molar-refractivity contribution in [3.63, 3.8) is 0 Å². The molecule has 32 heavy (non-hydrogen) atoms. The summed E-state index contributed by atoms with van der Waals surface area (Å²) in [5.74, 6) is -0.985. The molecule has 0 unspecified atom stereocenters. The van der Waals surface area contributed by atoms with Crippen LogP contribution in [-0.4, -0.2) is 34.2 Å². The van der Waals surface area contributed by atoms with Crippen molar-refractivity contribution in [3.05, 3.63) is 74.0 Å². The number of anilines is 2. The van der Waals surface area contributed by atoms with Crippen molar-refractivity contribution in [2.45, 2.75) is 12.8 Å². The summed E-state index contributed by atoms with van der Waals surface area (Å²) in [4.78, 5) is 34.1. The van der Waals surface area contributed by atoms with Gasteiger partial charge in [-0.25, -0.2) is 4.98 Å². The second-order valence-electron chi connectivity index (χ2n) is 6.90. The monoisotopic (exact) mass is 472 g/mol. The van der Waals surface area contributed by atoms with Gasteiger partial charge in [0.25, 0.3) is 11.5 Å². The molecule has 0 saturated carbocycles. The van der Waals surface area contributed by atoms with E-state index in [0.717, 1.165) is 16.5 Å². The first-order valence-electron chi connectivity index (χ1n) is 9.28. The first-order chi connectivity index (χ1) is 15.3. The number of amides is 1. The Kier molecular flexibility index (Phi) is 7.10. The van der Waals surface area contributed by atoms with E-state index < -0.39 is 11.5 Å². The highest BCUT2D eigenvalue weighted by Crippen LogP contribution is 2.29. The molecule has 0 spiro atoms. The molecule has 0 aliphatic rings. The molecular weight excluding hydrogens is 455 g/mol. The van der Waals surface area contributed by atoms with Crippen molar-refractivity contribution in [2.75, 3.05) is 24.8 Å². The normalized spacial score (nSPS) is 11.6. The summed E-state index contributed by atoms with van der Waals surface area (Å²) in [5, 5.41) is 11.7. The van der Waals surface area contributed by atoms with E-state index in [9.17, 15) is 9.59 Å². The molecule has 0 radical (unpaired) electrons. The Balaban J connectivity index is 2.00. The average Bonchev–Trinajstić information content (AvgIpc) is 2.75. The highest BCUT2D eigenvalue weighted by atomic mass is 35.5. The van der Waals surface area contributed by atoms with E-state index in [-0.39, 0.29) is 38.6 Å². The summed E-state index contributed by atoms with van der Waals surface area (Å²) in [6.45, 7) is 2.43. The molecule has 164 valence electrons. The predicted molar refractivity (Wildman–Crippen MR) is 121 cm³/mol. The first-order valence-corrected chi connectivity index (χ1v) is 10.0. The number of pyridine rings is 1. The topological polar surface area (TPSA) is 136 Å². The van der Waals surface area contributed by atoms with E-state index >= 15 is 0 Å². The van der Waals surface area contributed by atoms with Crippen LogP contribution < -0.4 is 16.6 Å². The van der Waals surface area contributed by atoms with Gasteiger partial charge in [-0.1, -0.05) is 30.1 Å².